The molecule has 152 valence electrons. The molecule has 2 aliphatic heterocycles. The van der Waals surface area contributed by atoms with Gasteiger partial charge in [0, 0.05) is 43.5 Å². The highest BCUT2D eigenvalue weighted by molar-refractivity contribution is 7.18. The second kappa shape index (κ2) is 6.89. The maximum atomic E-state index is 12.9. The molecule has 1 atom stereocenters. The van der Waals surface area contributed by atoms with E-state index in [1.54, 1.807) is 21.8 Å². The monoisotopic (exact) mass is 417 g/mol. The molecule has 0 radical (unpaired) electrons. The average molecular weight is 418 g/mol. The van der Waals surface area contributed by atoms with Crippen molar-refractivity contribution in [3.8, 4) is 11.3 Å². The van der Waals surface area contributed by atoms with Gasteiger partial charge in [0.25, 0.3) is 5.56 Å². The van der Waals surface area contributed by atoms with Crippen LogP contribution in [0.5, 0.6) is 0 Å². The van der Waals surface area contributed by atoms with E-state index in [4.69, 9.17) is 4.98 Å². The fraction of sp³-hybridized carbons (Fsp3) is 0.348. The van der Waals surface area contributed by atoms with Crippen molar-refractivity contribution in [2.45, 2.75) is 25.8 Å². The topological polar surface area (TPSA) is 53.7 Å². The van der Waals surface area contributed by atoms with Crippen molar-refractivity contribution in [1.82, 2.24) is 19.3 Å². The normalized spacial score (nSPS) is 19.6. The number of piperazine rings is 1. The second-order valence-corrected chi connectivity index (χ2v) is 9.52. The third-order valence-corrected chi connectivity index (χ3v) is 7.34. The summed E-state index contributed by atoms with van der Waals surface area (Å²) >= 11 is 1.68. The zero-order chi connectivity index (χ0) is 20.2. The van der Waals surface area contributed by atoms with Gasteiger partial charge in [-0.2, -0.15) is 0 Å². The number of aryl methyl sites for hydroxylation is 1. The number of hydrogen-bond donors (Lipinski definition) is 0. The summed E-state index contributed by atoms with van der Waals surface area (Å²) < 4.78 is 2.83. The van der Waals surface area contributed by atoms with E-state index in [0.717, 1.165) is 46.1 Å². The van der Waals surface area contributed by atoms with Gasteiger partial charge in [-0.1, -0.05) is 6.07 Å². The first-order valence-corrected chi connectivity index (χ1v) is 11.4. The Morgan fingerprint density at radius 2 is 2.00 bits per heavy atom. The van der Waals surface area contributed by atoms with E-state index in [0.29, 0.717) is 17.4 Å². The molecule has 0 unspecified atom stereocenters. The molecular formula is C23H23N5OS. The highest BCUT2D eigenvalue weighted by atomic mass is 32.1. The van der Waals surface area contributed by atoms with E-state index in [1.807, 2.05) is 31.3 Å². The van der Waals surface area contributed by atoms with Crippen LogP contribution in [0.3, 0.4) is 0 Å². The molecule has 7 heteroatoms. The van der Waals surface area contributed by atoms with Gasteiger partial charge in [-0.05, 0) is 50.6 Å². The lowest BCUT2D eigenvalue weighted by Crippen LogP contribution is -2.50. The Morgan fingerprint density at radius 3 is 2.93 bits per heavy atom. The minimum absolute atomic E-state index is 0.0501. The van der Waals surface area contributed by atoms with Gasteiger partial charge in [0.15, 0.2) is 0 Å². The van der Waals surface area contributed by atoms with Crippen molar-refractivity contribution in [2.75, 3.05) is 31.1 Å². The number of fused-ring (bicyclic) bond motifs is 3. The van der Waals surface area contributed by atoms with Crippen molar-refractivity contribution >= 4 is 32.9 Å². The summed E-state index contributed by atoms with van der Waals surface area (Å²) in [4.78, 5) is 27.3. The molecule has 1 aromatic carbocycles. The van der Waals surface area contributed by atoms with E-state index in [-0.39, 0.29) is 5.56 Å². The van der Waals surface area contributed by atoms with Crippen LogP contribution in [-0.2, 0) is 0 Å². The smallest absolute Gasteiger partial charge is 0.258 e. The molecule has 0 aliphatic carbocycles. The van der Waals surface area contributed by atoms with Crippen LogP contribution in [0, 0.1) is 6.92 Å². The lowest BCUT2D eigenvalue weighted by molar-refractivity contribution is 0.231. The van der Waals surface area contributed by atoms with Crippen molar-refractivity contribution < 1.29 is 0 Å². The predicted molar refractivity (Wildman–Crippen MR) is 122 cm³/mol. The molecule has 2 fully saturated rings. The quantitative estimate of drug-likeness (QED) is 0.499. The third-order valence-electron chi connectivity index (χ3n) is 6.39. The van der Waals surface area contributed by atoms with Crippen molar-refractivity contribution in [2.24, 2.45) is 0 Å². The van der Waals surface area contributed by atoms with E-state index in [9.17, 15) is 4.79 Å². The SMILES string of the molecule is Cc1nc2cc(-c3cc(=O)n4cc(N5CCN6CCC[C@H]6C5)ccc4n3)ccc2s1. The molecule has 3 aromatic heterocycles. The van der Waals surface area contributed by atoms with Crippen molar-refractivity contribution in [1.29, 1.82) is 0 Å². The highest BCUT2D eigenvalue weighted by Crippen LogP contribution is 2.28. The summed E-state index contributed by atoms with van der Waals surface area (Å²) in [6, 6.07) is 12.4. The maximum Gasteiger partial charge on any atom is 0.258 e. The predicted octanol–water partition coefficient (Wildman–Crippen LogP) is 3.56. The van der Waals surface area contributed by atoms with E-state index in [1.165, 1.54) is 19.4 Å². The lowest BCUT2D eigenvalue weighted by atomic mass is 10.1. The number of benzene rings is 1. The summed E-state index contributed by atoms with van der Waals surface area (Å²) in [5, 5.41) is 1.04. The maximum absolute atomic E-state index is 12.9. The molecule has 30 heavy (non-hydrogen) atoms. The largest absolute Gasteiger partial charge is 0.367 e. The highest BCUT2D eigenvalue weighted by Gasteiger charge is 2.30. The molecule has 5 heterocycles. The first-order chi connectivity index (χ1) is 14.6. The first kappa shape index (κ1) is 18.0. The van der Waals surface area contributed by atoms with Gasteiger partial charge in [-0.3, -0.25) is 14.1 Å². The number of aromatic nitrogens is 3. The summed E-state index contributed by atoms with van der Waals surface area (Å²) in [6.45, 7) is 6.39. The van der Waals surface area contributed by atoms with Gasteiger partial charge in [0.05, 0.1) is 26.6 Å². The van der Waals surface area contributed by atoms with Crippen LogP contribution in [0.15, 0.2) is 47.4 Å². The van der Waals surface area contributed by atoms with Crippen molar-refractivity contribution in [3.63, 3.8) is 0 Å². The molecular weight excluding hydrogens is 394 g/mol. The molecule has 0 amide bonds. The number of pyridine rings is 1. The van der Waals surface area contributed by atoms with Gasteiger partial charge in [-0.15, -0.1) is 11.3 Å². The Balaban J connectivity index is 1.36. The number of nitrogens with zero attached hydrogens (tertiary/aromatic N) is 5. The standard InChI is InChI=1S/C23H23N5OS/c1-15-24-20-11-16(4-6-21(20)30-15)19-12-23(29)28-14-18(5-7-22(28)25-19)27-10-9-26-8-2-3-17(26)13-27/h4-7,11-12,14,17H,2-3,8-10,13H2,1H3/t17-/m0/s1. The van der Waals surface area contributed by atoms with Crippen LogP contribution < -0.4 is 10.5 Å². The van der Waals surface area contributed by atoms with Gasteiger partial charge >= 0.3 is 0 Å². The Hall–Kier alpha value is -2.77. The molecule has 6 rings (SSSR count). The molecule has 4 aromatic rings. The number of thiazole rings is 1. The first-order valence-electron chi connectivity index (χ1n) is 10.5. The minimum atomic E-state index is -0.0501. The minimum Gasteiger partial charge on any atom is -0.367 e. The Bertz CT molecular complexity index is 1330. The van der Waals surface area contributed by atoms with Gasteiger partial charge < -0.3 is 4.90 Å². The molecule has 6 nitrogen and oxygen atoms in total. The molecule has 0 saturated carbocycles. The zero-order valence-corrected chi connectivity index (χ0v) is 17.7. The zero-order valence-electron chi connectivity index (χ0n) is 16.9. The molecule has 2 aliphatic rings. The van der Waals surface area contributed by atoms with Gasteiger partial charge in [-0.25, -0.2) is 9.97 Å². The summed E-state index contributed by atoms with van der Waals surface area (Å²) in [5.74, 6) is 0. The van der Waals surface area contributed by atoms with Crippen LogP contribution in [-0.4, -0.2) is 51.5 Å². The van der Waals surface area contributed by atoms with E-state index in [2.05, 4.69) is 26.9 Å². The van der Waals surface area contributed by atoms with Crippen LogP contribution >= 0.6 is 11.3 Å². The Kier molecular flexibility index (Phi) is 4.14. The van der Waals surface area contributed by atoms with Crippen LogP contribution in [0.25, 0.3) is 27.1 Å². The Morgan fingerprint density at radius 1 is 1.07 bits per heavy atom. The lowest BCUT2D eigenvalue weighted by Gasteiger charge is -2.38. The van der Waals surface area contributed by atoms with Crippen LogP contribution in [0.1, 0.15) is 17.8 Å². The fourth-order valence-electron chi connectivity index (χ4n) is 4.85. The fourth-order valence-corrected chi connectivity index (χ4v) is 5.66. The number of rotatable bonds is 2. The van der Waals surface area contributed by atoms with Crippen LogP contribution in [0.2, 0.25) is 0 Å². The summed E-state index contributed by atoms with van der Waals surface area (Å²) in [6.07, 6.45) is 4.53. The van der Waals surface area contributed by atoms with E-state index >= 15 is 0 Å². The van der Waals surface area contributed by atoms with Gasteiger partial charge in [0.1, 0.15) is 5.65 Å². The summed E-state index contributed by atoms with van der Waals surface area (Å²) in [5.41, 5.74) is 4.30. The number of anilines is 1. The molecule has 0 N–H and O–H groups in total. The molecule has 0 spiro atoms. The average Bonchev–Trinajstić information content (AvgIpc) is 3.37. The van der Waals surface area contributed by atoms with Gasteiger partial charge in [0.2, 0.25) is 0 Å². The molecule has 0 bridgehead atoms. The molecule has 2 saturated heterocycles. The van der Waals surface area contributed by atoms with E-state index < -0.39 is 0 Å². The third kappa shape index (κ3) is 3.00. The van der Waals surface area contributed by atoms with Crippen molar-refractivity contribution in [3.05, 3.63) is 58.0 Å². The number of hydrogen-bond acceptors (Lipinski definition) is 6. The van der Waals surface area contributed by atoms with Crippen LogP contribution in [0.4, 0.5) is 5.69 Å². The second-order valence-electron chi connectivity index (χ2n) is 8.29. The summed E-state index contributed by atoms with van der Waals surface area (Å²) in [7, 11) is 0. The Labute approximate surface area is 178 Å².